The number of nitrogen functional groups attached to an aromatic ring is 1. The van der Waals surface area contributed by atoms with Crippen molar-refractivity contribution in [2.75, 3.05) is 26.5 Å². The summed E-state index contributed by atoms with van der Waals surface area (Å²) >= 11 is 0. The number of nitrogens with two attached hydrogens (primary N) is 1. The van der Waals surface area contributed by atoms with Crippen molar-refractivity contribution in [3.63, 3.8) is 0 Å². The minimum atomic E-state index is -1.22. The minimum Gasteiger partial charge on any atom is -0.497 e. The molecular weight excluding hydrogens is 546 g/mol. The molecule has 0 aliphatic carbocycles. The number of hydrogen-bond acceptors (Lipinski definition) is 11. The number of rotatable bonds is 13. The number of aliphatic hydroxyl groups excluding tert-OH is 2. The molecule has 2 unspecified atom stereocenters. The maximum Gasteiger partial charge on any atom is 0.407 e. The molecule has 4 rings (SSSR count). The zero-order valence-electron chi connectivity index (χ0n) is 24.0. The van der Waals surface area contributed by atoms with Crippen molar-refractivity contribution in [2.45, 2.75) is 69.6 Å². The number of aliphatic hydroxyl groups is 2. The monoisotopic (exact) mass is 585 g/mol. The number of aromatic nitrogens is 4. The zero-order valence-corrected chi connectivity index (χ0v) is 24.0. The normalized spacial score (nSPS) is 21.5. The van der Waals surface area contributed by atoms with Crippen molar-refractivity contribution >= 4 is 29.0 Å². The Kier molecular flexibility index (Phi) is 10.5. The van der Waals surface area contributed by atoms with E-state index in [1.807, 2.05) is 31.2 Å². The van der Waals surface area contributed by atoms with Gasteiger partial charge in [0.15, 0.2) is 17.7 Å². The second-order valence-corrected chi connectivity index (χ2v) is 10.3. The van der Waals surface area contributed by atoms with E-state index in [9.17, 15) is 19.8 Å². The van der Waals surface area contributed by atoms with Gasteiger partial charge in [0.05, 0.1) is 26.7 Å². The Bertz CT molecular complexity index is 1340. The molecular formula is C28H39N7O7. The van der Waals surface area contributed by atoms with Gasteiger partial charge < -0.3 is 40.8 Å². The number of fused-ring (bicyclic) bond motifs is 1. The van der Waals surface area contributed by atoms with Crippen molar-refractivity contribution in [1.29, 1.82) is 0 Å². The number of alkyl carbamates (subject to hydrolysis) is 1. The highest BCUT2D eigenvalue weighted by atomic mass is 16.6. The lowest BCUT2D eigenvalue weighted by atomic mass is 9.90. The number of ether oxygens (including phenoxy) is 3. The van der Waals surface area contributed by atoms with Crippen LogP contribution in [0.4, 0.5) is 10.6 Å². The first-order valence-electron chi connectivity index (χ1n) is 13.9. The topological polar surface area (TPSA) is 196 Å². The number of anilines is 1. The largest absolute Gasteiger partial charge is 0.497 e. The van der Waals surface area contributed by atoms with Gasteiger partial charge in [0.1, 0.15) is 35.8 Å². The van der Waals surface area contributed by atoms with E-state index in [1.165, 1.54) is 24.3 Å². The highest BCUT2D eigenvalue weighted by Crippen LogP contribution is 2.35. The van der Waals surface area contributed by atoms with Crippen LogP contribution in [0.5, 0.6) is 5.75 Å². The lowest BCUT2D eigenvalue weighted by Gasteiger charge is -2.24. The van der Waals surface area contributed by atoms with Crippen molar-refractivity contribution in [3.05, 3.63) is 42.5 Å². The highest BCUT2D eigenvalue weighted by Gasteiger charge is 2.44. The average molecular weight is 586 g/mol. The van der Waals surface area contributed by atoms with Gasteiger partial charge in [-0.05, 0) is 49.3 Å². The molecule has 1 aromatic carbocycles. The third kappa shape index (κ3) is 7.24. The van der Waals surface area contributed by atoms with Crippen LogP contribution in [0, 0.1) is 5.92 Å². The predicted molar refractivity (Wildman–Crippen MR) is 152 cm³/mol. The minimum absolute atomic E-state index is 0.0298. The predicted octanol–water partition coefficient (Wildman–Crippen LogP) is 1.32. The molecule has 0 radical (unpaired) electrons. The summed E-state index contributed by atoms with van der Waals surface area (Å²) in [4.78, 5) is 37.3. The van der Waals surface area contributed by atoms with Crippen LogP contribution in [0.25, 0.3) is 11.2 Å². The summed E-state index contributed by atoms with van der Waals surface area (Å²) in [6.07, 6.45) is 0.786. The molecule has 14 heteroatoms. The summed E-state index contributed by atoms with van der Waals surface area (Å²) in [5.74, 6) is 0.673. The third-order valence-electron chi connectivity index (χ3n) is 7.67. The van der Waals surface area contributed by atoms with E-state index in [4.69, 9.17) is 19.9 Å². The van der Waals surface area contributed by atoms with Gasteiger partial charge in [-0.1, -0.05) is 25.5 Å². The molecule has 42 heavy (non-hydrogen) atoms. The Balaban J connectivity index is 1.34. The second kappa shape index (κ2) is 14.2. The van der Waals surface area contributed by atoms with Gasteiger partial charge >= 0.3 is 6.09 Å². The molecule has 14 nitrogen and oxygen atoms in total. The van der Waals surface area contributed by atoms with Crippen molar-refractivity contribution in [1.82, 2.24) is 30.2 Å². The van der Waals surface area contributed by atoms with Gasteiger partial charge in [-0.2, -0.15) is 0 Å². The molecule has 2 aromatic heterocycles. The Morgan fingerprint density at radius 3 is 2.57 bits per heavy atom. The van der Waals surface area contributed by atoms with Crippen molar-refractivity contribution in [3.8, 4) is 5.75 Å². The summed E-state index contributed by atoms with van der Waals surface area (Å²) in [7, 11) is 2.85. The van der Waals surface area contributed by atoms with Crippen LogP contribution in [0.1, 0.15) is 44.4 Å². The second-order valence-electron chi connectivity index (χ2n) is 10.3. The van der Waals surface area contributed by atoms with E-state index in [2.05, 4.69) is 25.6 Å². The fraction of sp³-hybridized carbons (Fsp3) is 0.536. The Labute approximate surface area is 243 Å². The van der Waals surface area contributed by atoms with E-state index in [-0.39, 0.29) is 17.6 Å². The van der Waals surface area contributed by atoms with Gasteiger partial charge in [0.2, 0.25) is 5.91 Å². The summed E-state index contributed by atoms with van der Waals surface area (Å²) in [6.45, 7) is 2.39. The third-order valence-corrected chi connectivity index (χ3v) is 7.67. The molecule has 6 N–H and O–H groups in total. The summed E-state index contributed by atoms with van der Waals surface area (Å²) in [5, 5.41) is 27.1. The molecule has 0 spiro atoms. The average Bonchev–Trinajstić information content (AvgIpc) is 3.55. The Morgan fingerprint density at radius 2 is 1.88 bits per heavy atom. The van der Waals surface area contributed by atoms with Crippen LogP contribution in [-0.2, 0) is 20.7 Å². The molecule has 1 aliphatic rings. The summed E-state index contributed by atoms with van der Waals surface area (Å²) < 4.78 is 17.5. The molecule has 3 heterocycles. The molecule has 0 saturated carbocycles. The lowest BCUT2D eigenvalue weighted by Crippen LogP contribution is -2.47. The first kappa shape index (κ1) is 30.9. The van der Waals surface area contributed by atoms with Gasteiger partial charge in [-0.3, -0.25) is 9.36 Å². The fourth-order valence-corrected chi connectivity index (χ4v) is 5.15. The number of imidazole rings is 1. The first-order chi connectivity index (χ1) is 20.2. The van der Waals surface area contributed by atoms with E-state index in [1.54, 1.807) is 7.11 Å². The lowest BCUT2D eigenvalue weighted by molar-refractivity contribution is -0.123. The molecule has 0 bridgehead atoms. The molecule has 228 valence electrons. The fourth-order valence-electron chi connectivity index (χ4n) is 5.15. The van der Waals surface area contributed by atoms with Gasteiger partial charge in [-0.15, -0.1) is 0 Å². The number of methoxy groups -OCH3 is 2. The molecule has 1 aliphatic heterocycles. The van der Waals surface area contributed by atoms with Crippen LogP contribution >= 0.6 is 0 Å². The number of carbonyl (C=O) groups is 2. The van der Waals surface area contributed by atoms with Crippen LogP contribution < -0.4 is 21.1 Å². The van der Waals surface area contributed by atoms with Crippen LogP contribution in [0.15, 0.2) is 36.9 Å². The summed E-state index contributed by atoms with van der Waals surface area (Å²) in [6, 6.07) is 6.77. The quantitative estimate of drug-likeness (QED) is 0.194. The number of hydrogen-bond donors (Lipinski definition) is 5. The van der Waals surface area contributed by atoms with Crippen LogP contribution in [-0.4, -0.2) is 86.9 Å². The Morgan fingerprint density at radius 1 is 1.12 bits per heavy atom. The number of nitrogens with zero attached hydrogens (tertiary/aromatic N) is 4. The van der Waals surface area contributed by atoms with Gasteiger partial charge in [0, 0.05) is 6.54 Å². The van der Waals surface area contributed by atoms with E-state index < -0.39 is 36.7 Å². The van der Waals surface area contributed by atoms with Crippen molar-refractivity contribution < 1.29 is 34.0 Å². The van der Waals surface area contributed by atoms with E-state index >= 15 is 0 Å². The van der Waals surface area contributed by atoms with Gasteiger partial charge in [0.25, 0.3) is 0 Å². The maximum atomic E-state index is 13.0. The number of amides is 2. The zero-order chi connectivity index (χ0) is 30.2. The van der Waals surface area contributed by atoms with Crippen LogP contribution in [0.2, 0.25) is 0 Å². The van der Waals surface area contributed by atoms with E-state index in [0.717, 1.165) is 17.7 Å². The summed E-state index contributed by atoms with van der Waals surface area (Å²) in [5.41, 5.74) is 7.68. The number of benzene rings is 1. The number of carbonyl (C=O) groups excluding carboxylic acids is 2. The van der Waals surface area contributed by atoms with Crippen molar-refractivity contribution in [2.24, 2.45) is 5.92 Å². The molecule has 6 atom stereocenters. The van der Waals surface area contributed by atoms with Crippen LogP contribution in [0.3, 0.4) is 0 Å². The first-order valence-corrected chi connectivity index (χ1v) is 13.9. The van der Waals surface area contributed by atoms with E-state index in [0.29, 0.717) is 43.4 Å². The molecule has 1 fully saturated rings. The smallest absolute Gasteiger partial charge is 0.407 e. The van der Waals surface area contributed by atoms with Gasteiger partial charge in [-0.25, -0.2) is 19.7 Å². The molecule has 3 aromatic rings. The maximum absolute atomic E-state index is 13.0. The number of nitrogens with one attached hydrogen (secondary N) is 2. The Hall–Kier alpha value is -4.01. The molecule has 1 saturated heterocycles. The SMILES string of the molecule is CC[C@@H](CCC(NC(=O)OC)C(=O)NCCc1ccc(OC)cc1)C[C@H]1O[C@@H](n2cnc3c(N)ncnc32)[C@@H](O)C1O. The molecule has 2 amide bonds. The standard InChI is InChI=1S/C28H39N7O7/c1-4-16(13-20-22(36)23(37)27(42-20)35-15-33-21-24(29)31-14-32-25(21)35)7-10-19(34-28(39)41-3)26(38)30-12-11-17-5-8-18(40-2)9-6-17/h5-6,8-9,14-16,19-20,22-23,27,36-37H,4,7,10-13H2,1-3H3,(H,30,38)(H,34,39)(H2,29,31,32)/t16-,19?,20+,22?,23-,27+/m0/s1. The highest BCUT2D eigenvalue weighted by molar-refractivity contribution is 5.85.